The van der Waals surface area contributed by atoms with Crippen molar-refractivity contribution < 1.29 is 13.9 Å². The molecule has 0 saturated carbocycles. The molecule has 0 aliphatic rings. The van der Waals surface area contributed by atoms with E-state index in [1.165, 1.54) is 6.07 Å². The molecule has 0 atom stereocenters. The number of aliphatic imine (C=N–C) groups is 1. The number of hydrogen-bond donors (Lipinski definition) is 2. The number of guanidine groups is 1. The predicted octanol–water partition coefficient (Wildman–Crippen LogP) is 4.05. The molecular formula is C19H25FIN3O2. The molecule has 0 amide bonds. The van der Waals surface area contributed by atoms with Crippen LogP contribution in [0.15, 0.2) is 53.5 Å². The summed E-state index contributed by atoms with van der Waals surface area (Å²) in [5, 5.41) is 6.27. The Morgan fingerprint density at radius 1 is 1.12 bits per heavy atom. The molecule has 2 N–H and O–H groups in total. The van der Waals surface area contributed by atoms with Gasteiger partial charge in [0.1, 0.15) is 11.6 Å². The average Bonchev–Trinajstić information content (AvgIpc) is 2.64. The highest BCUT2D eigenvalue weighted by molar-refractivity contribution is 14.0. The van der Waals surface area contributed by atoms with Crippen LogP contribution >= 0.6 is 24.0 Å². The second-order valence-corrected chi connectivity index (χ2v) is 5.36. The van der Waals surface area contributed by atoms with Gasteiger partial charge in [0.25, 0.3) is 0 Å². The van der Waals surface area contributed by atoms with Crippen molar-refractivity contribution in [1.29, 1.82) is 0 Å². The number of methoxy groups -OCH3 is 1. The van der Waals surface area contributed by atoms with Gasteiger partial charge in [-0.05, 0) is 18.2 Å². The Hall–Kier alpha value is -1.87. The van der Waals surface area contributed by atoms with E-state index in [1.807, 2.05) is 24.3 Å². The lowest BCUT2D eigenvalue weighted by Gasteiger charge is -2.13. The highest BCUT2D eigenvalue weighted by atomic mass is 127. The highest BCUT2D eigenvalue weighted by Gasteiger charge is 2.04. The van der Waals surface area contributed by atoms with E-state index >= 15 is 0 Å². The lowest BCUT2D eigenvalue weighted by molar-refractivity contribution is 0.172. The van der Waals surface area contributed by atoms with Crippen molar-refractivity contribution in [2.45, 2.75) is 13.0 Å². The van der Waals surface area contributed by atoms with Crippen molar-refractivity contribution in [3.63, 3.8) is 0 Å². The van der Waals surface area contributed by atoms with Gasteiger partial charge in [0.05, 0.1) is 6.61 Å². The maximum Gasteiger partial charge on any atom is 0.195 e. The molecule has 0 bridgehead atoms. The number of ether oxygens (including phenoxy) is 2. The number of benzene rings is 2. The second-order valence-electron chi connectivity index (χ2n) is 5.36. The Kier molecular flexibility index (Phi) is 10.6. The molecular weight excluding hydrogens is 448 g/mol. The molecule has 7 heteroatoms. The van der Waals surface area contributed by atoms with Gasteiger partial charge in [-0.15, -0.1) is 24.0 Å². The van der Waals surface area contributed by atoms with Crippen LogP contribution in [0, 0.1) is 5.82 Å². The van der Waals surface area contributed by atoms with Gasteiger partial charge in [-0.2, -0.15) is 0 Å². The van der Waals surface area contributed by atoms with E-state index < -0.39 is 0 Å². The molecule has 0 heterocycles. The van der Waals surface area contributed by atoms with Crippen LogP contribution in [-0.4, -0.2) is 33.3 Å². The summed E-state index contributed by atoms with van der Waals surface area (Å²) in [7, 11) is 3.34. The van der Waals surface area contributed by atoms with Crippen LogP contribution < -0.4 is 15.4 Å². The number of hydrogen-bond acceptors (Lipinski definition) is 3. The molecule has 5 nitrogen and oxygen atoms in total. The van der Waals surface area contributed by atoms with Crippen molar-refractivity contribution in [2.24, 2.45) is 4.99 Å². The molecule has 2 aromatic rings. The Morgan fingerprint density at radius 2 is 1.92 bits per heavy atom. The van der Waals surface area contributed by atoms with Gasteiger partial charge in [-0.3, -0.25) is 4.99 Å². The zero-order chi connectivity index (χ0) is 17.9. The quantitative estimate of drug-likeness (QED) is 0.263. The van der Waals surface area contributed by atoms with Gasteiger partial charge in [-0.25, -0.2) is 4.39 Å². The summed E-state index contributed by atoms with van der Waals surface area (Å²) in [4.78, 5) is 4.16. The summed E-state index contributed by atoms with van der Waals surface area (Å²) in [5.41, 5.74) is 1.42. The Labute approximate surface area is 171 Å². The summed E-state index contributed by atoms with van der Waals surface area (Å²) in [5.74, 6) is 1.09. The van der Waals surface area contributed by atoms with Gasteiger partial charge in [-0.1, -0.05) is 24.3 Å². The predicted molar refractivity (Wildman–Crippen MR) is 114 cm³/mol. The van der Waals surface area contributed by atoms with E-state index in [0.717, 1.165) is 17.9 Å². The van der Waals surface area contributed by atoms with Crippen LogP contribution in [-0.2, 0) is 11.3 Å². The lowest BCUT2D eigenvalue weighted by atomic mass is 10.2. The van der Waals surface area contributed by atoms with Crippen LogP contribution in [0.1, 0.15) is 12.0 Å². The first-order valence-corrected chi connectivity index (χ1v) is 8.16. The molecule has 142 valence electrons. The summed E-state index contributed by atoms with van der Waals surface area (Å²) in [6, 6.07) is 14.3. The van der Waals surface area contributed by atoms with Crippen molar-refractivity contribution >= 4 is 35.6 Å². The van der Waals surface area contributed by atoms with Crippen molar-refractivity contribution in [3.05, 3.63) is 59.9 Å². The Balaban J connectivity index is 0.00000338. The van der Waals surface area contributed by atoms with Gasteiger partial charge < -0.3 is 20.1 Å². The first kappa shape index (κ1) is 22.2. The maximum absolute atomic E-state index is 13.7. The fraction of sp³-hybridized carbons (Fsp3) is 0.316. The van der Waals surface area contributed by atoms with E-state index in [1.54, 1.807) is 32.4 Å². The summed E-state index contributed by atoms with van der Waals surface area (Å²) >= 11 is 0. The van der Waals surface area contributed by atoms with E-state index in [9.17, 15) is 4.39 Å². The molecule has 0 unspecified atom stereocenters. The van der Waals surface area contributed by atoms with E-state index in [2.05, 4.69) is 15.6 Å². The number of anilines is 1. The van der Waals surface area contributed by atoms with E-state index in [0.29, 0.717) is 31.3 Å². The largest absolute Gasteiger partial charge is 0.493 e. The first-order valence-electron chi connectivity index (χ1n) is 8.16. The monoisotopic (exact) mass is 473 g/mol. The standard InChI is InChI=1S/C19H24FN3O2.HI/c1-21-19(22-14-15-7-3-4-10-18(15)20)23-16-8-5-9-17(13-16)25-12-6-11-24-2;/h3-5,7-10,13H,6,11-12,14H2,1-2H3,(H2,21,22,23);1H. The zero-order valence-corrected chi connectivity index (χ0v) is 17.3. The van der Waals surface area contributed by atoms with Gasteiger partial charge >= 0.3 is 0 Å². The normalized spacial score (nSPS) is 10.8. The fourth-order valence-electron chi connectivity index (χ4n) is 2.19. The molecule has 0 fully saturated rings. The summed E-state index contributed by atoms with van der Waals surface area (Å²) < 4.78 is 24.3. The Morgan fingerprint density at radius 3 is 2.65 bits per heavy atom. The minimum absolute atomic E-state index is 0. The zero-order valence-electron chi connectivity index (χ0n) is 15.0. The van der Waals surface area contributed by atoms with Gasteiger partial charge in [0, 0.05) is 51.0 Å². The number of rotatable bonds is 8. The van der Waals surface area contributed by atoms with Crippen LogP contribution in [0.25, 0.3) is 0 Å². The van der Waals surface area contributed by atoms with Crippen molar-refractivity contribution in [1.82, 2.24) is 5.32 Å². The molecule has 0 aliphatic heterocycles. The van der Waals surface area contributed by atoms with Crippen molar-refractivity contribution in [3.8, 4) is 5.75 Å². The van der Waals surface area contributed by atoms with Crippen LogP contribution in [0.4, 0.5) is 10.1 Å². The number of halogens is 2. The van der Waals surface area contributed by atoms with Crippen molar-refractivity contribution in [2.75, 3.05) is 32.7 Å². The van der Waals surface area contributed by atoms with E-state index in [4.69, 9.17) is 9.47 Å². The summed E-state index contributed by atoms with van der Waals surface area (Å²) in [6.45, 7) is 1.61. The maximum atomic E-state index is 13.7. The molecule has 0 aliphatic carbocycles. The first-order chi connectivity index (χ1) is 12.2. The molecule has 26 heavy (non-hydrogen) atoms. The minimum atomic E-state index is -0.239. The average molecular weight is 473 g/mol. The fourth-order valence-corrected chi connectivity index (χ4v) is 2.19. The summed E-state index contributed by atoms with van der Waals surface area (Å²) in [6.07, 6.45) is 0.833. The van der Waals surface area contributed by atoms with Gasteiger partial charge in [0.2, 0.25) is 0 Å². The number of nitrogens with zero attached hydrogens (tertiary/aromatic N) is 1. The molecule has 2 rings (SSSR count). The molecule has 0 radical (unpaired) electrons. The van der Waals surface area contributed by atoms with Crippen LogP contribution in [0.3, 0.4) is 0 Å². The number of nitrogens with one attached hydrogen (secondary N) is 2. The van der Waals surface area contributed by atoms with Crippen LogP contribution in [0.5, 0.6) is 5.75 Å². The molecule has 0 aromatic heterocycles. The lowest BCUT2D eigenvalue weighted by Crippen LogP contribution is -2.30. The third-order valence-electron chi connectivity index (χ3n) is 3.49. The molecule has 0 saturated heterocycles. The third-order valence-corrected chi connectivity index (χ3v) is 3.49. The van der Waals surface area contributed by atoms with Crippen LogP contribution in [0.2, 0.25) is 0 Å². The smallest absolute Gasteiger partial charge is 0.195 e. The molecule has 0 spiro atoms. The highest BCUT2D eigenvalue weighted by Crippen LogP contribution is 2.17. The topological polar surface area (TPSA) is 54.9 Å². The SMILES string of the molecule is CN=C(NCc1ccccc1F)Nc1cccc(OCCCOC)c1.I. The Bertz CT molecular complexity index is 698. The third kappa shape index (κ3) is 7.57. The minimum Gasteiger partial charge on any atom is -0.493 e. The van der Waals surface area contributed by atoms with Gasteiger partial charge in [0.15, 0.2) is 5.96 Å². The molecule has 2 aromatic carbocycles. The van der Waals surface area contributed by atoms with E-state index in [-0.39, 0.29) is 29.8 Å². The second kappa shape index (κ2) is 12.5.